The number of aromatic nitrogens is 3. The van der Waals surface area contributed by atoms with Crippen molar-refractivity contribution in [1.29, 1.82) is 0 Å². The maximum atomic E-state index is 4.45. The van der Waals surface area contributed by atoms with Gasteiger partial charge in [0.15, 0.2) is 11.8 Å². The lowest BCUT2D eigenvalue weighted by atomic mass is 9.86. The third kappa shape index (κ3) is 3.38. The summed E-state index contributed by atoms with van der Waals surface area (Å²) in [5.41, 5.74) is 0.568. The molecule has 0 bridgehead atoms. The van der Waals surface area contributed by atoms with Crippen molar-refractivity contribution in [3.63, 3.8) is 0 Å². The van der Waals surface area contributed by atoms with E-state index in [1.165, 1.54) is 32.1 Å². The number of aryl methyl sites for hydroxylation is 1. The molecule has 7 heteroatoms. The van der Waals surface area contributed by atoms with Gasteiger partial charge in [-0.1, -0.05) is 12.8 Å². The van der Waals surface area contributed by atoms with Crippen LogP contribution in [0.3, 0.4) is 0 Å². The average Bonchev–Trinajstić information content (AvgIpc) is 3.19. The van der Waals surface area contributed by atoms with Gasteiger partial charge in [-0.15, -0.1) is 34.2 Å². The molecule has 0 atom stereocenters. The van der Waals surface area contributed by atoms with Crippen LogP contribution in [0.5, 0.6) is 0 Å². The Kier molecular flexibility index (Phi) is 5.68. The molecule has 1 N–H and O–H groups in total. The lowest BCUT2D eigenvalue weighted by Crippen LogP contribution is -2.41. The topological polar surface area (TPSA) is 58.3 Å². The van der Waals surface area contributed by atoms with E-state index in [-0.39, 0.29) is 24.0 Å². The Hall–Kier alpha value is -0.860. The van der Waals surface area contributed by atoms with E-state index in [0.717, 1.165) is 30.7 Å². The van der Waals surface area contributed by atoms with Crippen LogP contribution in [0.25, 0.3) is 0 Å². The van der Waals surface area contributed by atoms with Crippen molar-refractivity contribution in [2.75, 3.05) is 20.1 Å². The van der Waals surface area contributed by atoms with Crippen LogP contribution < -0.4 is 5.32 Å². The van der Waals surface area contributed by atoms with Gasteiger partial charge in [0.05, 0.1) is 6.54 Å². The summed E-state index contributed by atoms with van der Waals surface area (Å²) in [4.78, 5) is 6.86. The van der Waals surface area contributed by atoms with Crippen molar-refractivity contribution in [1.82, 2.24) is 25.0 Å². The van der Waals surface area contributed by atoms with E-state index in [2.05, 4.69) is 25.4 Å². The largest absolute Gasteiger partial charge is 0.349 e. The van der Waals surface area contributed by atoms with Crippen molar-refractivity contribution >= 4 is 29.9 Å². The predicted molar refractivity (Wildman–Crippen MR) is 98.4 cm³/mol. The van der Waals surface area contributed by atoms with Gasteiger partial charge in [0.1, 0.15) is 5.82 Å². The molecule has 0 aromatic carbocycles. The summed E-state index contributed by atoms with van der Waals surface area (Å²) in [5.74, 6) is 2.88. The number of likely N-dealkylation sites (tertiary alicyclic amines) is 1. The molecule has 22 heavy (non-hydrogen) atoms. The van der Waals surface area contributed by atoms with Gasteiger partial charge in [-0.05, 0) is 31.6 Å². The molecule has 124 valence electrons. The molecular weight excluding hydrogens is 391 g/mol. The van der Waals surface area contributed by atoms with Gasteiger partial charge in [0.2, 0.25) is 0 Å². The summed E-state index contributed by atoms with van der Waals surface area (Å²) >= 11 is 0. The maximum absolute atomic E-state index is 4.45. The lowest BCUT2D eigenvalue weighted by molar-refractivity contribution is 0.309. The Morgan fingerprint density at radius 1 is 1.27 bits per heavy atom. The number of hydrogen-bond donors (Lipinski definition) is 1. The van der Waals surface area contributed by atoms with Crippen LogP contribution in [0, 0.1) is 12.3 Å². The molecule has 1 aromatic heterocycles. The molecule has 2 aliphatic rings. The van der Waals surface area contributed by atoms with Crippen LogP contribution >= 0.6 is 24.0 Å². The highest BCUT2D eigenvalue weighted by molar-refractivity contribution is 14.0. The molecule has 0 amide bonds. The van der Waals surface area contributed by atoms with E-state index in [4.69, 9.17) is 0 Å². The standard InChI is InChI=1S/C15H26N6.HI/c1-12-18-19-13(20(12)3)10-17-14(16-2)21-9-8-15(11-21)6-4-5-7-15;/h4-11H2,1-3H3,(H,16,17);1H. The van der Waals surface area contributed by atoms with E-state index in [1.54, 1.807) is 0 Å². The minimum absolute atomic E-state index is 0. The molecule has 3 rings (SSSR count). The quantitative estimate of drug-likeness (QED) is 0.454. The van der Waals surface area contributed by atoms with Gasteiger partial charge in [0.25, 0.3) is 0 Å². The van der Waals surface area contributed by atoms with Gasteiger partial charge in [-0.2, -0.15) is 0 Å². The molecule has 2 heterocycles. The summed E-state index contributed by atoms with van der Waals surface area (Å²) in [5, 5.41) is 11.7. The minimum Gasteiger partial charge on any atom is -0.349 e. The Bertz CT molecular complexity index is 532. The average molecular weight is 418 g/mol. The van der Waals surface area contributed by atoms with Gasteiger partial charge in [0, 0.05) is 27.2 Å². The fraction of sp³-hybridized carbons (Fsp3) is 0.800. The van der Waals surface area contributed by atoms with Gasteiger partial charge < -0.3 is 14.8 Å². The van der Waals surface area contributed by atoms with Crippen LogP contribution in [0.15, 0.2) is 4.99 Å². The smallest absolute Gasteiger partial charge is 0.194 e. The number of rotatable bonds is 2. The normalized spacial score (nSPS) is 20.5. The highest BCUT2D eigenvalue weighted by Crippen LogP contribution is 2.45. The lowest BCUT2D eigenvalue weighted by Gasteiger charge is -2.25. The molecule has 2 fully saturated rings. The van der Waals surface area contributed by atoms with Gasteiger partial charge in [-0.25, -0.2) is 0 Å². The predicted octanol–water partition coefficient (Wildman–Crippen LogP) is 2.08. The van der Waals surface area contributed by atoms with Crippen LogP contribution in [0.1, 0.15) is 43.8 Å². The van der Waals surface area contributed by atoms with Gasteiger partial charge in [-0.3, -0.25) is 4.99 Å². The second-order valence-electron chi connectivity index (χ2n) is 6.50. The molecular formula is C15H27IN6. The number of guanidine groups is 1. The zero-order chi connectivity index (χ0) is 14.9. The first kappa shape index (κ1) is 17.5. The zero-order valence-electron chi connectivity index (χ0n) is 13.8. The summed E-state index contributed by atoms with van der Waals surface area (Å²) in [6, 6.07) is 0. The van der Waals surface area contributed by atoms with E-state index >= 15 is 0 Å². The van der Waals surface area contributed by atoms with Gasteiger partial charge >= 0.3 is 0 Å². The Labute approximate surface area is 149 Å². The molecule has 1 aromatic rings. The first-order valence-corrected chi connectivity index (χ1v) is 7.94. The summed E-state index contributed by atoms with van der Waals surface area (Å²) < 4.78 is 2.02. The van der Waals surface area contributed by atoms with Crippen molar-refractivity contribution in [2.24, 2.45) is 17.5 Å². The van der Waals surface area contributed by atoms with Crippen LogP contribution in [0.2, 0.25) is 0 Å². The molecule has 1 spiro atoms. The fourth-order valence-corrected chi connectivity index (χ4v) is 3.74. The molecule has 1 aliphatic heterocycles. The fourth-order valence-electron chi connectivity index (χ4n) is 3.74. The Morgan fingerprint density at radius 3 is 2.59 bits per heavy atom. The van der Waals surface area contributed by atoms with Crippen LogP contribution in [-0.2, 0) is 13.6 Å². The highest BCUT2D eigenvalue weighted by atomic mass is 127. The van der Waals surface area contributed by atoms with Crippen molar-refractivity contribution < 1.29 is 0 Å². The first-order valence-electron chi connectivity index (χ1n) is 7.94. The SMILES string of the molecule is CN=C(NCc1nnc(C)n1C)N1CCC2(CCCC2)C1.I. The molecule has 1 aliphatic carbocycles. The van der Waals surface area contributed by atoms with E-state index in [1.807, 2.05) is 25.6 Å². The number of aliphatic imine (C=N–C) groups is 1. The summed E-state index contributed by atoms with van der Waals surface area (Å²) in [6.45, 7) is 4.92. The second-order valence-corrected chi connectivity index (χ2v) is 6.50. The molecule has 6 nitrogen and oxygen atoms in total. The van der Waals surface area contributed by atoms with Crippen molar-refractivity contribution in [3.05, 3.63) is 11.6 Å². The second kappa shape index (κ2) is 7.14. The maximum Gasteiger partial charge on any atom is 0.194 e. The highest BCUT2D eigenvalue weighted by Gasteiger charge is 2.41. The summed E-state index contributed by atoms with van der Waals surface area (Å²) in [6.07, 6.45) is 6.90. The Morgan fingerprint density at radius 2 is 2.00 bits per heavy atom. The zero-order valence-corrected chi connectivity index (χ0v) is 16.1. The molecule has 1 saturated heterocycles. The molecule has 1 saturated carbocycles. The number of nitrogens with zero attached hydrogens (tertiary/aromatic N) is 5. The van der Waals surface area contributed by atoms with Crippen molar-refractivity contribution in [3.8, 4) is 0 Å². The van der Waals surface area contributed by atoms with E-state index < -0.39 is 0 Å². The summed E-state index contributed by atoms with van der Waals surface area (Å²) in [7, 11) is 3.86. The number of hydrogen-bond acceptors (Lipinski definition) is 3. The van der Waals surface area contributed by atoms with Crippen LogP contribution in [-0.4, -0.2) is 45.8 Å². The monoisotopic (exact) mass is 418 g/mol. The third-order valence-electron chi connectivity index (χ3n) is 5.20. The van der Waals surface area contributed by atoms with E-state index in [9.17, 15) is 0 Å². The van der Waals surface area contributed by atoms with Crippen LogP contribution in [0.4, 0.5) is 0 Å². The van der Waals surface area contributed by atoms with Crippen molar-refractivity contribution in [2.45, 2.75) is 45.6 Å². The minimum atomic E-state index is 0. The third-order valence-corrected chi connectivity index (χ3v) is 5.20. The number of nitrogens with one attached hydrogen (secondary N) is 1. The first-order chi connectivity index (χ1) is 10.1. The Balaban J connectivity index is 0.00000176. The molecule has 0 radical (unpaired) electrons. The van der Waals surface area contributed by atoms with E-state index in [0.29, 0.717) is 12.0 Å². The number of halogens is 1. The molecule has 0 unspecified atom stereocenters.